The van der Waals surface area contributed by atoms with Crippen molar-refractivity contribution in [3.63, 3.8) is 0 Å². The van der Waals surface area contributed by atoms with E-state index < -0.39 is 24.5 Å². The number of hydrogen-bond acceptors (Lipinski definition) is 10. The summed E-state index contributed by atoms with van der Waals surface area (Å²) in [6.07, 6.45) is 13.0. The van der Waals surface area contributed by atoms with E-state index in [2.05, 4.69) is 22.7 Å². The largest absolute Gasteiger partial charge is 0.506 e. The normalized spacial score (nSPS) is 11.0. The van der Waals surface area contributed by atoms with Crippen molar-refractivity contribution in [2.45, 2.75) is 104 Å². The maximum absolute atomic E-state index is 13.7. The van der Waals surface area contributed by atoms with E-state index in [0.717, 1.165) is 30.6 Å². The van der Waals surface area contributed by atoms with Crippen LogP contribution < -0.4 is 14.8 Å². The summed E-state index contributed by atoms with van der Waals surface area (Å²) in [6, 6.07) is 15.1. The molecule has 4 rings (SSSR count). The number of nitrogens with zero attached hydrogens (tertiary/aromatic N) is 5. The number of amides is 2. The second kappa shape index (κ2) is 21.5. The summed E-state index contributed by atoms with van der Waals surface area (Å²) >= 11 is 5.49. The lowest BCUT2D eigenvalue weighted by Gasteiger charge is -2.21. The van der Waals surface area contributed by atoms with Crippen LogP contribution in [-0.2, 0) is 22.7 Å². The van der Waals surface area contributed by atoms with Gasteiger partial charge in [-0.15, -0.1) is 0 Å². The van der Waals surface area contributed by atoms with Crippen molar-refractivity contribution < 1.29 is 33.7 Å². The minimum absolute atomic E-state index is 0.0101. The predicted octanol–water partition coefficient (Wildman–Crippen LogP) is 8.65. The lowest BCUT2D eigenvalue weighted by Crippen LogP contribution is -2.39. The van der Waals surface area contributed by atoms with E-state index in [1.54, 1.807) is 47.1 Å². The third kappa shape index (κ3) is 12.0. The number of anilines is 1. The third-order valence-corrected chi connectivity index (χ3v) is 9.26. The fourth-order valence-electron chi connectivity index (χ4n) is 5.80. The van der Waals surface area contributed by atoms with Crippen LogP contribution in [0, 0.1) is 4.77 Å². The van der Waals surface area contributed by atoms with Gasteiger partial charge in [0.25, 0.3) is 5.91 Å². The Bertz CT molecular complexity index is 1860. The van der Waals surface area contributed by atoms with E-state index in [-0.39, 0.29) is 33.9 Å². The molecule has 0 aliphatic rings. The summed E-state index contributed by atoms with van der Waals surface area (Å²) in [7, 11) is 1.21. The first-order valence-electron chi connectivity index (χ1n) is 18.6. The van der Waals surface area contributed by atoms with Gasteiger partial charge in [0.05, 0.1) is 25.0 Å². The van der Waals surface area contributed by atoms with E-state index in [4.69, 9.17) is 26.4 Å². The maximum atomic E-state index is 13.7. The zero-order valence-corrected chi connectivity index (χ0v) is 31.9. The highest BCUT2D eigenvalue weighted by atomic mass is 32.1. The van der Waals surface area contributed by atoms with Gasteiger partial charge in [-0.1, -0.05) is 114 Å². The predicted molar refractivity (Wildman–Crippen MR) is 206 cm³/mol. The number of carbonyl (C=O) groups excluding carboxylic acids is 3. The average molecular weight is 749 g/mol. The molecule has 3 aromatic carbocycles. The number of hydrogen-bond donors (Lipinski definition) is 2. The number of nitrogens with one attached hydrogen (secondary N) is 1. The van der Waals surface area contributed by atoms with E-state index >= 15 is 0 Å². The number of phenolic OH excluding ortho intramolecular Hbond substituents is 1. The SMILES string of the molecule is CCCCCCCCCCCCOc1ccccc1NC(=O)c1cc(OC(=O)N(CC(=O)OC)Cn2nnn(CCCC)c2=S)c2ccccc2c1O. The number of unbranched alkanes of at least 4 members (excludes halogenated alkanes) is 10. The Hall–Kier alpha value is -4.98. The van der Waals surface area contributed by atoms with Crippen molar-refractivity contribution in [1.29, 1.82) is 0 Å². The molecule has 1 heterocycles. The molecule has 13 nitrogen and oxygen atoms in total. The second-order valence-corrected chi connectivity index (χ2v) is 13.3. The number of esters is 1. The lowest BCUT2D eigenvalue weighted by molar-refractivity contribution is -0.141. The number of fused-ring (bicyclic) bond motifs is 1. The van der Waals surface area contributed by atoms with Gasteiger partial charge in [-0.3, -0.25) is 14.5 Å². The smallest absolute Gasteiger partial charge is 0.417 e. The van der Waals surface area contributed by atoms with E-state index in [0.29, 0.717) is 30.0 Å². The molecule has 0 aliphatic heterocycles. The number of benzene rings is 3. The van der Waals surface area contributed by atoms with E-state index in [1.807, 2.05) is 13.0 Å². The fraction of sp³-hybridized carbons (Fsp3) is 0.487. The molecular formula is C39H52N6O7S. The minimum atomic E-state index is -0.937. The molecule has 53 heavy (non-hydrogen) atoms. The summed E-state index contributed by atoms with van der Waals surface area (Å²) in [5.74, 6) is -1.13. The number of ether oxygens (including phenoxy) is 3. The molecule has 0 bridgehead atoms. The van der Waals surface area contributed by atoms with Crippen LogP contribution in [0.15, 0.2) is 54.6 Å². The number of aromatic hydroxyl groups is 1. The van der Waals surface area contributed by atoms with Gasteiger partial charge in [-0.2, -0.15) is 4.68 Å². The molecule has 0 saturated carbocycles. The summed E-state index contributed by atoms with van der Waals surface area (Å²) < 4.78 is 19.8. The van der Waals surface area contributed by atoms with Crippen molar-refractivity contribution in [2.24, 2.45) is 0 Å². The quantitative estimate of drug-likeness (QED) is 0.0454. The van der Waals surface area contributed by atoms with Gasteiger partial charge in [0.15, 0.2) is 0 Å². The molecule has 1 aromatic heterocycles. The van der Waals surface area contributed by atoms with Gasteiger partial charge in [-0.25, -0.2) is 9.48 Å². The van der Waals surface area contributed by atoms with Gasteiger partial charge in [0, 0.05) is 17.3 Å². The number of methoxy groups -OCH3 is 1. The summed E-state index contributed by atoms with van der Waals surface area (Å²) in [6.45, 7) is 4.61. The van der Waals surface area contributed by atoms with Gasteiger partial charge in [0.2, 0.25) is 4.77 Å². The molecule has 4 aromatic rings. The number of rotatable bonds is 22. The third-order valence-electron chi connectivity index (χ3n) is 8.84. The van der Waals surface area contributed by atoms with Crippen LogP contribution in [0.5, 0.6) is 17.2 Å². The number of tetrazole rings is 1. The Morgan fingerprint density at radius 1 is 0.811 bits per heavy atom. The first-order valence-corrected chi connectivity index (χ1v) is 19.0. The number of carbonyl (C=O) groups is 3. The van der Waals surface area contributed by atoms with Crippen molar-refractivity contribution >= 4 is 46.6 Å². The Labute approximate surface area is 316 Å². The summed E-state index contributed by atoms with van der Waals surface area (Å²) in [4.78, 5) is 40.8. The first kappa shape index (κ1) is 40.8. The standard InChI is InChI=1S/C39H52N6O7S/c1-4-6-8-9-10-11-12-13-14-19-25-51-33-23-18-17-22-32(33)40-37(48)31-26-34(29-20-15-16-21-30(29)36(31)47)52-39(49)43(27-35(46)50-3)28-45-38(53)44(41-42-45)24-7-5-2/h15-18,20-23,26,47H,4-14,19,24-25,27-28H2,1-3H3,(H,40,48). The second-order valence-electron chi connectivity index (χ2n) is 12.9. The zero-order valence-electron chi connectivity index (χ0n) is 31.1. The van der Waals surface area contributed by atoms with Crippen molar-refractivity contribution in [1.82, 2.24) is 24.7 Å². The van der Waals surface area contributed by atoms with Crippen LogP contribution in [0.4, 0.5) is 10.5 Å². The van der Waals surface area contributed by atoms with E-state index in [9.17, 15) is 19.5 Å². The van der Waals surface area contributed by atoms with E-state index in [1.165, 1.54) is 69.2 Å². The fourth-order valence-corrected chi connectivity index (χ4v) is 6.02. The van der Waals surface area contributed by atoms with Gasteiger partial charge < -0.3 is 24.6 Å². The van der Waals surface area contributed by atoms with Crippen LogP contribution in [0.1, 0.15) is 101 Å². The number of phenols is 1. The molecule has 14 heteroatoms. The molecule has 0 unspecified atom stereocenters. The van der Waals surface area contributed by atoms with Crippen LogP contribution in [0.3, 0.4) is 0 Å². The van der Waals surface area contributed by atoms with Gasteiger partial charge in [0.1, 0.15) is 30.5 Å². The summed E-state index contributed by atoms with van der Waals surface area (Å²) in [5, 5.41) is 22.9. The molecule has 2 N–H and O–H groups in total. The highest BCUT2D eigenvalue weighted by Gasteiger charge is 2.25. The lowest BCUT2D eigenvalue weighted by atomic mass is 10.0. The highest BCUT2D eigenvalue weighted by Crippen LogP contribution is 2.37. The van der Waals surface area contributed by atoms with Crippen LogP contribution in [0.25, 0.3) is 10.8 Å². The molecule has 0 spiro atoms. The Balaban J connectivity index is 1.46. The van der Waals surface area contributed by atoms with Crippen LogP contribution in [-0.4, -0.2) is 68.0 Å². The Kier molecular flexibility index (Phi) is 16.6. The molecule has 286 valence electrons. The van der Waals surface area contributed by atoms with Gasteiger partial charge >= 0.3 is 12.1 Å². The topological polar surface area (TPSA) is 150 Å². The monoisotopic (exact) mass is 748 g/mol. The van der Waals surface area contributed by atoms with Crippen molar-refractivity contribution in [3.8, 4) is 17.2 Å². The van der Waals surface area contributed by atoms with Crippen molar-refractivity contribution in [2.75, 3.05) is 25.6 Å². The summed E-state index contributed by atoms with van der Waals surface area (Å²) in [5.41, 5.74) is 0.306. The first-order chi connectivity index (χ1) is 25.8. The number of para-hydroxylation sites is 2. The van der Waals surface area contributed by atoms with Gasteiger partial charge in [-0.05, 0) is 53.7 Å². The Morgan fingerprint density at radius 2 is 1.43 bits per heavy atom. The molecule has 0 atom stereocenters. The van der Waals surface area contributed by atoms with Crippen molar-refractivity contribution in [3.05, 3.63) is 64.9 Å². The highest BCUT2D eigenvalue weighted by molar-refractivity contribution is 7.71. The minimum Gasteiger partial charge on any atom is -0.506 e. The maximum Gasteiger partial charge on any atom is 0.417 e. The number of aryl methyl sites for hydroxylation is 1. The molecule has 0 fully saturated rings. The zero-order chi connectivity index (χ0) is 38.0. The molecule has 0 radical (unpaired) electrons. The molecule has 0 saturated heterocycles. The molecule has 2 amide bonds. The van der Waals surface area contributed by atoms with Crippen LogP contribution >= 0.6 is 12.2 Å². The molecular weight excluding hydrogens is 697 g/mol. The average Bonchev–Trinajstić information content (AvgIpc) is 3.51. The molecule has 0 aliphatic carbocycles. The van der Waals surface area contributed by atoms with Crippen LogP contribution in [0.2, 0.25) is 0 Å². The Morgan fingerprint density at radius 3 is 2.13 bits per heavy atom. The number of aromatic nitrogens is 4.